The minimum absolute atomic E-state index is 0.101. The Bertz CT molecular complexity index is 868. The van der Waals surface area contributed by atoms with E-state index in [1.54, 1.807) is 24.3 Å². The van der Waals surface area contributed by atoms with E-state index < -0.39 is 11.7 Å². The SMILES string of the molecule is C=CCOc1ccc(/C=C(/C#N)C(=O)Nc2ccc(F)cc2)cc1OC. The normalized spacial score (nSPS) is 10.6. The molecule has 2 aromatic rings. The molecule has 2 rings (SSSR count). The summed E-state index contributed by atoms with van der Waals surface area (Å²) in [6.07, 6.45) is 3.04. The average Bonchev–Trinajstić information content (AvgIpc) is 2.66. The summed E-state index contributed by atoms with van der Waals surface area (Å²) in [5.74, 6) is -0.00869. The second kappa shape index (κ2) is 9.04. The van der Waals surface area contributed by atoms with E-state index in [2.05, 4.69) is 11.9 Å². The second-order valence-corrected chi connectivity index (χ2v) is 5.14. The van der Waals surface area contributed by atoms with Crippen molar-refractivity contribution in [2.24, 2.45) is 0 Å². The zero-order chi connectivity index (χ0) is 18.9. The van der Waals surface area contributed by atoms with Crippen molar-refractivity contribution < 1.29 is 18.7 Å². The number of rotatable bonds is 7. The fourth-order valence-corrected chi connectivity index (χ4v) is 2.09. The van der Waals surface area contributed by atoms with Crippen molar-refractivity contribution in [1.82, 2.24) is 0 Å². The first-order chi connectivity index (χ1) is 12.6. The van der Waals surface area contributed by atoms with Gasteiger partial charge in [-0.05, 0) is 48.0 Å². The monoisotopic (exact) mass is 352 g/mol. The standard InChI is InChI=1S/C20H17FN2O3/c1-3-10-26-18-9-4-14(12-19(18)25-2)11-15(13-22)20(24)23-17-7-5-16(21)6-8-17/h3-9,11-12H,1,10H2,2H3,(H,23,24)/b15-11-. The lowest BCUT2D eigenvalue weighted by molar-refractivity contribution is -0.112. The summed E-state index contributed by atoms with van der Waals surface area (Å²) in [5.41, 5.74) is 0.887. The number of ether oxygens (including phenoxy) is 2. The van der Waals surface area contributed by atoms with Crippen molar-refractivity contribution in [1.29, 1.82) is 5.26 Å². The number of nitriles is 1. The number of amides is 1. The number of carbonyl (C=O) groups excluding carboxylic acids is 1. The van der Waals surface area contributed by atoms with Gasteiger partial charge in [0, 0.05) is 5.69 Å². The number of halogens is 1. The number of benzene rings is 2. The molecule has 0 heterocycles. The molecular formula is C20H17FN2O3. The first-order valence-corrected chi connectivity index (χ1v) is 7.68. The molecule has 0 saturated heterocycles. The van der Waals surface area contributed by atoms with E-state index in [-0.39, 0.29) is 5.57 Å². The molecular weight excluding hydrogens is 335 g/mol. The third kappa shape index (κ3) is 4.95. The fraction of sp³-hybridized carbons (Fsp3) is 0.100. The molecule has 5 nitrogen and oxygen atoms in total. The Morgan fingerprint density at radius 3 is 2.62 bits per heavy atom. The van der Waals surface area contributed by atoms with Crippen LogP contribution < -0.4 is 14.8 Å². The van der Waals surface area contributed by atoms with E-state index in [0.29, 0.717) is 29.4 Å². The summed E-state index contributed by atoms with van der Waals surface area (Å²) in [6.45, 7) is 3.91. The van der Waals surface area contributed by atoms with Gasteiger partial charge in [-0.25, -0.2) is 4.39 Å². The summed E-state index contributed by atoms with van der Waals surface area (Å²) in [5, 5.41) is 11.8. The highest BCUT2D eigenvalue weighted by Crippen LogP contribution is 2.29. The largest absolute Gasteiger partial charge is 0.493 e. The first-order valence-electron chi connectivity index (χ1n) is 7.68. The minimum atomic E-state index is -0.593. The van der Waals surface area contributed by atoms with Gasteiger partial charge in [0.25, 0.3) is 5.91 Å². The first kappa shape index (κ1) is 18.7. The maximum atomic E-state index is 12.9. The van der Waals surface area contributed by atoms with Crippen molar-refractivity contribution in [2.75, 3.05) is 19.0 Å². The number of hydrogen-bond acceptors (Lipinski definition) is 4. The van der Waals surface area contributed by atoms with Gasteiger partial charge >= 0.3 is 0 Å². The van der Waals surface area contributed by atoms with E-state index in [1.807, 2.05) is 6.07 Å². The number of anilines is 1. The van der Waals surface area contributed by atoms with Crippen LogP contribution in [0, 0.1) is 17.1 Å². The molecule has 26 heavy (non-hydrogen) atoms. The molecule has 0 fully saturated rings. The van der Waals surface area contributed by atoms with Crippen LogP contribution in [-0.4, -0.2) is 19.6 Å². The molecule has 0 aromatic heterocycles. The zero-order valence-corrected chi connectivity index (χ0v) is 14.2. The quantitative estimate of drug-likeness (QED) is 0.465. The van der Waals surface area contributed by atoms with E-state index >= 15 is 0 Å². The molecule has 0 atom stereocenters. The second-order valence-electron chi connectivity index (χ2n) is 5.14. The predicted octanol–water partition coefficient (Wildman–Crippen LogP) is 3.94. The Balaban J connectivity index is 2.21. The van der Waals surface area contributed by atoms with Crippen LogP contribution in [0.25, 0.3) is 6.08 Å². The molecule has 0 aliphatic rings. The Hall–Kier alpha value is -3.59. The van der Waals surface area contributed by atoms with Crippen LogP contribution in [0.5, 0.6) is 11.5 Å². The molecule has 0 aliphatic carbocycles. The van der Waals surface area contributed by atoms with E-state index in [0.717, 1.165) is 0 Å². The van der Waals surface area contributed by atoms with Crippen molar-refractivity contribution in [3.63, 3.8) is 0 Å². The Morgan fingerprint density at radius 2 is 2.00 bits per heavy atom. The van der Waals surface area contributed by atoms with Gasteiger partial charge in [-0.3, -0.25) is 4.79 Å². The molecule has 0 saturated carbocycles. The molecule has 132 valence electrons. The highest BCUT2D eigenvalue weighted by molar-refractivity contribution is 6.09. The van der Waals surface area contributed by atoms with Gasteiger partial charge in [-0.1, -0.05) is 18.7 Å². The summed E-state index contributed by atoms with van der Waals surface area (Å²) >= 11 is 0. The van der Waals surface area contributed by atoms with Gasteiger partial charge < -0.3 is 14.8 Å². The molecule has 6 heteroatoms. The van der Waals surface area contributed by atoms with Crippen LogP contribution in [-0.2, 0) is 4.79 Å². The lowest BCUT2D eigenvalue weighted by atomic mass is 10.1. The average molecular weight is 352 g/mol. The number of nitrogens with zero attached hydrogens (tertiary/aromatic N) is 1. The van der Waals surface area contributed by atoms with E-state index in [4.69, 9.17) is 9.47 Å². The molecule has 0 aliphatic heterocycles. The number of carbonyl (C=O) groups is 1. The van der Waals surface area contributed by atoms with Crippen molar-refractivity contribution in [3.05, 3.63) is 72.1 Å². The molecule has 0 bridgehead atoms. The maximum absolute atomic E-state index is 12.9. The van der Waals surface area contributed by atoms with Crippen molar-refractivity contribution in [2.45, 2.75) is 0 Å². The molecule has 1 N–H and O–H groups in total. The van der Waals surface area contributed by atoms with Crippen LogP contribution >= 0.6 is 0 Å². The molecule has 0 radical (unpaired) electrons. The van der Waals surface area contributed by atoms with Gasteiger partial charge in [0.1, 0.15) is 24.1 Å². The lowest BCUT2D eigenvalue weighted by Crippen LogP contribution is -2.13. The maximum Gasteiger partial charge on any atom is 0.266 e. The highest BCUT2D eigenvalue weighted by Gasteiger charge is 2.11. The molecule has 1 amide bonds. The van der Waals surface area contributed by atoms with Crippen LogP contribution in [0.1, 0.15) is 5.56 Å². The van der Waals surface area contributed by atoms with Gasteiger partial charge in [0.15, 0.2) is 11.5 Å². The minimum Gasteiger partial charge on any atom is -0.493 e. The van der Waals surface area contributed by atoms with E-state index in [9.17, 15) is 14.4 Å². The Morgan fingerprint density at radius 1 is 1.27 bits per heavy atom. The van der Waals surface area contributed by atoms with Crippen molar-refractivity contribution in [3.8, 4) is 17.6 Å². The fourth-order valence-electron chi connectivity index (χ4n) is 2.09. The van der Waals surface area contributed by atoms with Gasteiger partial charge in [0.05, 0.1) is 7.11 Å². The Labute approximate surface area is 151 Å². The summed E-state index contributed by atoms with van der Waals surface area (Å²) in [7, 11) is 1.50. The summed E-state index contributed by atoms with van der Waals surface area (Å²) < 4.78 is 23.6. The zero-order valence-electron chi connectivity index (χ0n) is 14.2. The molecule has 2 aromatic carbocycles. The van der Waals surface area contributed by atoms with Crippen LogP contribution in [0.2, 0.25) is 0 Å². The Kier molecular flexibility index (Phi) is 6.52. The topological polar surface area (TPSA) is 71.3 Å². The number of nitrogens with one attached hydrogen (secondary N) is 1. The van der Waals surface area contributed by atoms with Gasteiger partial charge in [-0.15, -0.1) is 0 Å². The van der Waals surface area contributed by atoms with Gasteiger partial charge in [0.2, 0.25) is 0 Å². The highest BCUT2D eigenvalue weighted by atomic mass is 19.1. The van der Waals surface area contributed by atoms with Gasteiger partial charge in [-0.2, -0.15) is 5.26 Å². The predicted molar refractivity (Wildman–Crippen MR) is 97.3 cm³/mol. The smallest absolute Gasteiger partial charge is 0.266 e. The molecule has 0 spiro atoms. The van der Waals surface area contributed by atoms with Crippen molar-refractivity contribution >= 4 is 17.7 Å². The lowest BCUT2D eigenvalue weighted by Gasteiger charge is -2.10. The molecule has 0 unspecified atom stereocenters. The van der Waals surface area contributed by atoms with E-state index in [1.165, 1.54) is 37.5 Å². The van der Waals surface area contributed by atoms with Crippen LogP contribution in [0.4, 0.5) is 10.1 Å². The third-order valence-corrected chi connectivity index (χ3v) is 3.32. The third-order valence-electron chi connectivity index (χ3n) is 3.32. The number of methoxy groups -OCH3 is 1. The summed E-state index contributed by atoms with van der Waals surface area (Å²) in [6, 6.07) is 12.2. The number of hydrogen-bond donors (Lipinski definition) is 1. The summed E-state index contributed by atoms with van der Waals surface area (Å²) in [4.78, 5) is 12.2. The van der Waals surface area contributed by atoms with Crippen LogP contribution in [0.15, 0.2) is 60.7 Å². The van der Waals surface area contributed by atoms with Crippen LogP contribution in [0.3, 0.4) is 0 Å².